The molecule has 0 aliphatic heterocycles. The number of esters is 2. The van der Waals surface area contributed by atoms with E-state index in [0.717, 1.165) is 7.11 Å². The molecule has 24 heavy (non-hydrogen) atoms. The molecule has 1 aromatic carbocycles. The van der Waals surface area contributed by atoms with Gasteiger partial charge in [-0.15, -0.1) is 0 Å². The maximum atomic E-state index is 12.3. The summed E-state index contributed by atoms with van der Waals surface area (Å²) in [7, 11) is 1.12. The molecule has 0 spiro atoms. The van der Waals surface area contributed by atoms with Crippen molar-refractivity contribution >= 4 is 29.3 Å². The number of Topliss-reactive ketones (excluding diaryl/α,β-unsaturated/α-hetero) is 1. The standard InChI is InChI=1S/C17H22ClNO5/c1-16(2,3)24-15(22)17(19,14(21)23-4)10-9-13(20)11-7-5-6-8-12(11)18/h5-8H,9-10,19H2,1-4H3/t17-/m0/s1. The van der Waals surface area contributed by atoms with E-state index in [4.69, 9.17) is 22.1 Å². The maximum absolute atomic E-state index is 12.3. The molecule has 0 aliphatic rings. The van der Waals surface area contributed by atoms with Crippen molar-refractivity contribution in [2.24, 2.45) is 5.73 Å². The molecule has 2 N–H and O–H groups in total. The number of nitrogens with two attached hydrogens (primary N) is 1. The molecule has 0 unspecified atom stereocenters. The van der Waals surface area contributed by atoms with Crippen molar-refractivity contribution in [1.29, 1.82) is 0 Å². The van der Waals surface area contributed by atoms with Crippen molar-refractivity contribution in [3.05, 3.63) is 34.9 Å². The van der Waals surface area contributed by atoms with Crippen LogP contribution in [-0.4, -0.2) is 36.0 Å². The first-order valence-electron chi connectivity index (χ1n) is 7.40. The molecule has 1 aromatic rings. The fraction of sp³-hybridized carbons (Fsp3) is 0.471. The molecular weight excluding hydrogens is 334 g/mol. The Labute approximate surface area is 146 Å². The van der Waals surface area contributed by atoms with Crippen LogP contribution < -0.4 is 5.73 Å². The highest BCUT2D eigenvalue weighted by Gasteiger charge is 2.46. The van der Waals surface area contributed by atoms with E-state index in [-0.39, 0.29) is 18.6 Å². The van der Waals surface area contributed by atoms with Crippen LogP contribution in [0.5, 0.6) is 0 Å². The number of benzene rings is 1. The highest BCUT2D eigenvalue weighted by atomic mass is 35.5. The SMILES string of the molecule is COC(=O)[C@@](N)(CCC(=O)c1ccccc1Cl)C(=O)OC(C)(C)C. The molecule has 0 amide bonds. The predicted molar refractivity (Wildman–Crippen MR) is 89.8 cm³/mol. The van der Waals surface area contributed by atoms with Crippen LogP contribution in [0.4, 0.5) is 0 Å². The summed E-state index contributed by atoms with van der Waals surface area (Å²) < 4.78 is 9.80. The second-order valence-electron chi connectivity index (χ2n) is 6.37. The number of rotatable bonds is 6. The van der Waals surface area contributed by atoms with Gasteiger partial charge in [-0.1, -0.05) is 23.7 Å². The van der Waals surface area contributed by atoms with Crippen LogP contribution in [-0.2, 0) is 19.1 Å². The number of ether oxygens (including phenoxy) is 2. The van der Waals surface area contributed by atoms with E-state index < -0.39 is 23.1 Å². The predicted octanol–water partition coefficient (Wildman–Crippen LogP) is 2.52. The third-order valence-corrected chi connectivity index (χ3v) is 3.56. The number of carbonyl (C=O) groups is 3. The average molecular weight is 356 g/mol. The first-order valence-corrected chi connectivity index (χ1v) is 7.77. The van der Waals surface area contributed by atoms with Gasteiger partial charge in [0.1, 0.15) is 5.60 Å². The molecule has 0 saturated heterocycles. The monoisotopic (exact) mass is 355 g/mol. The zero-order chi connectivity index (χ0) is 18.5. The summed E-state index contributed by atoms with van der Waals surface area (Å²) in [4.78, 5) is 36.6. The van der Waals surface area contributed by atoms with Gasteiger partial charge in [0.2, 0.25) is 5.54 Å². The van der Waals surface area contributed by atoms with Gasteiger partial charge < -0.3 is 15.2 Å². The summed E-state index contributed by atoms with van der Waals surface area (Å²) in [5.41, 5.74) is 3.35. The molecule has 0 aromatic heterocycles. The van der Waals surface area contributed by atoms with Crippen molar-refractivity contribution in [2.45, 2.75) is 44.8 Å². The lowest BCUT2D eigenvalue weighted by Crippen LogP contribution is -2.57. The molecule has 132 valence electrons. The van der Waals surface area contributed by atoms with Crippen LogP contribution in [0.15, 0.2) is 24.3 Å². The van der Waals surface area contributed by atoms with Crippen molar-refractivity contribution in [3.63, 3.8) is 0 Å². The minimum atomic E-state index is -2.06. The molecule has 0 fully saturated rings. The molecular formula is C17H22ClNO5. The Kier molecular flexibility index (Phi) is 6.51. The third-order valence-electron chi connectivity index (χ3n) is 3.23. The van der Waals surface area contributed by atoms with Gasteiger partial charge in [0, 0.05) is 12.0 Å². The highest BCUT2D eigenvalue weighted by Crippen LogP contribution is 2.22. The number of hydrogen-bond acceptors (Lipinski definition) is 6. The Balaban J connectivity index is 2.95. The number of halogens is 1. The zero-order valence-corrected chi connectivity index (χ0v) is 15.0. The lowest BCUT2D eigenvalue weighted by molar-refractivity contribution is -0.170. The van der Waals surface area contributed by atoms with E-state index in [9.17, 15) is 14.4 Å². The fourth-order valence-corrected chi connectivity index (χ4v) is 2.21. The van der Waals surface area contributed by atoms with E-state index in [0.29, 0.717) is 10.6 Å². The second kappa shape index (κ2) is 7.77. The van der Waals surface area contributed by atoms with E-state index in [1.54, 1.807) is 45.0 Å². The van der Waals surface area contributed by atoms with Gasteiger partial charge in [0.05, 0.1) is 12.1 Å². The zero-order valence-electron chi connectivity index (χ0n) is 14.2. The van der Waals surface area contributed by atoms with Crippen molar-refractivity contribution in [2.75, 3.05) is 7.11 Å². The molecule has 0 radical (unpaired) electrons. The van der Waals surface area contributed by atoms with Gasteiger partial charge in [-0.25, -0.2) is 9.59 Å². The van der Waals surface area contributed by atoms with Gasteiger partial charge in [0.15, 0.2) is 5.78 Å². The van der Waals surface area contributed by atoms with Gasteiger partial charge >= 0.3 is 11.9 Å². The van der Waals surface area contributed by atoms with E-state index in [1.165, 1.54) is 0 Å². The highest BCUT2D eigenvalue weighted by molar-refractivity contribution is 6.34. The molecule has 1 rings (SSSR count). The van der Waals surface area contributed by atoms with Crippen molar-refractivity contribution in [1.82, 2.24) is 0 Å². The molecule has 0 bridgehead atoms. The van der Waals surface area contributed by atoms with Gasteiger partial charge in [0.25, 0.3) is 0 Å². The van der Waals surface area contributed by atoms with Crippen LogP contribution >= 0.6 is 11.6 Å². The molecule has 0 heterocycles. The average Bonchev–Trinajstić information content (AvgIpc) is 2.50. The van der Waals surface area contributed by atoms with E-state index in [1.807, 2.05) is 0 Å². The van der Waals surface area contributed by atoms with Crippen LogP contribution in [0.1, 0.15) is 44.0 Å². The van der Waals surface area contributed by atoms with E-state index in [2.05, 4.69) is 4.74 Å². The Morgan fingerprint density at radius 1 is 1.12 bits per heavy atom. The molecule has 7 heteroatoms. The summed E-state index contributed by atoms with van der Waals surface area (Å²) >= 11 is 5.97. The first-order chi connectivity index (χ1) is 11.0. The van der Waals surface area contributed by atoms with Crippen molar-refractivity contribution in [3.8, 4) is 0 Å². The topological polar surface area (TPSA) is 95.7 Å². The molecule has 1 atom stereocenters. The number of ketones is 1. The minimum Gasteiger partial charge on any atom is -0.467 e. The van der Waals surface area contributed by atoms with Crippen LogP contribution in [0, 0.1) is 0 Å². The Morgan fingerprint density at radius 3 is 2.21 bits per heavy atom. The van der Waals surface area contributed by atoms with Crippen molar-refractivity contribution < 1.29 is 23.9 Å². The van der Waals surface area contributed by atoms with Crippen LogP contribution in [0.3, 0.4) is 0 Å². The molecule has 6 nitrogen and oxygen atoms in total. The molecule has 0 aliphatic carbocycles. The Hall–Kier alpha value is -1.92. The Bertz CT molecular complexity index is 638. The smallest absolute Gasteiger partial charge is 0.338 e. The number of carbonyl (C=O) groups excluding carboxylic acids is 3. The summed E-state index contributed by atoms with van der Waals surface area (Å²) in [6.07, 6.45) is -0.410. The largest absolute Gasteiger partial charge is 0.467 e. The lowest BCUT2D eigenvalue weighted by Gasteiger charge is -2.29. The number of methoxy groups -OCH3 is 1. The normalized spacial score (nSPS) is 13.8. The van der Waals surface area contributed by atoms with Gasteiger partial charge in [-0.05, 0) is 39.3 Å². The Morgan fingerprint density at radius 2 is 1.71 bits per heavy atom. The second-order valence-corrected chi connectivity index (χ2v) is 6.78. The number of hydrogen-bond donors (Lipinski definition) is 1. The lowest BCUT2D eigenvalue weighted by atomic mass is 9.91. The summed E-state index contributed by atoms with van der Waals surface area (Å²) in [6, 6.07) is 6.51. The van der Waals surface area contributed by atoms with Gasteiger partial charge in [-0.2, -0.15) is 0 Å². The van der Waals surface area contributed by atoms with Gasteiger partial charge in [-0.3, -0.25) is 4.79 Å². The summed E-state index contributed by atoms with van der Waals surface area (Å²) in [5, 5.41) is 0.292. The molecule has 0 saturated carbocycles. The van der Waals surface area contributed by atoms with Crippen LogP contribution in [0.2, 0.25) is 5.02 Å². The first kappa shape index (κ1) is 20.1. The van der Waals surface area contributed by atoms with E-state index >= 15 is 0 Å². The maximum Gasteiger partial charge on any atom is 0.338 e. The fourth-order valence-electron chi connectivity index (χ4n) is 1.97. The van der Waals surface area contributed by atoms with Crippen LogP contribution in [0.25, 0.3) is 0 Å². The summed E-state index contributed by atoms with van der Waals surface area (Å²) in [5.74, 6) is -2.22. The minimum absolute atomic E-state index is 0.158. The summed E-state index contributed by atoms with van der Waals surface area (Å²) in [6.45, 7) is 4.95. The third kappa shape index (κ3) is 5.04. The quantitative estimate of drug-likeness (QED) is 0.478.